The third-order valence-electron chi connectivity index (χ3n) is 5.65. The van der Waals surface area contributed by atoms with Crippen molar-refractivity contribution in [3.63, 3.8) is 0 Å². The van der Waals surface area contributed by atoms with Gasteiger partial charge in [0.2, 0.25) is 5.91 Å². The van der Waals surface area contributed by atoms with Crippen molar-refractivity contribution in [3.05, 3.63) is 35.5 Å². The van der Waals surface area contributed by atoms with Gasteiger partial charge in [0.05, 0.1) is 13.2 Å². The molecule has 31 heavy (non-hydrogen) atoms. The maximum Gasteiger partial charge on any atom is 0.234 e. The number of aromatic nitrogens is 1. The first-order chi connectivity index (χ1) is 15.1. The molecule has 1 saturated heterocycles. The normalized spacial score (nSPS) is 15.5. The highest BCUT2D eigenvalue weighted by Crippen LogP contribution is 2.21. The zero-order valence-electron chi connectivity index (χ0n) is 19.0. The summed E-state index contributed by atoms with van der Waals surface area (Å²) in [5, 5.41) is 7.60. The number of nitrogens with one attached hydrogen (secondary N) is 3. The highest BCUT2D eigenvalue weighted by Gasteiger charge is 2.21. The fourth-order valence-corrected chi connectivity index (χ4v) is 3.95. The number of amides is 1. The fraction of sp³-hybridized carbons (Fsp3) is 0.565. The number of piperazine rings is 1. The van der Waals surface area contributed by atoms with Crippen LogP contribution in [0.2, 0.25) is 0 Å². The van der Waals surface area contributed by atoms with Crippen molar-refractivity contribution in [2.45, 2.75) is 20.3 Å². The molecule has 2 heterocycles. The summed E-state index contributed by atoms with van der Waals surface area (Å²) in [5.74, 6) is 1.02. The molecule has 8 nitrogen and oxygen atoms in total. The van der Waals surface area contributed by atoms with Crippen LogP contribution in [0.15, 0.2) is 29.4 Å². The van der Waals surface area contributed by atoms with E-state index in [0.29, 0.717) is 19.7 Å². The standard InChI is InChI=1S/C23H36N6O2/c1-4-24-23(26-9-8-19-16-27-22-18(2)6-5-7-20(19)22)29-13-11-28(12-14-29)17-21(30)25-10-15-31-3/h5-7,16,27H,4,8-15,17H2,1-3H3,(H,24,26)(H,25,30). The third kappa shape index (κ3) is 6.45. The van der Waals surface area contributed by atoms with Crippen LogP contribution in [0.25, 0.3) is 10.9 Å². The Kier molecular flexibility index (Phi) is 8.73. The van der Waals surface area contributed by atoms with Crippen LogP contribution in [-0.4, -0.2) is 92.7 Å². The predicted molar refractivity (Wildman–Crippen MR) is 126 cm³/mol. The van der Waals surface area contributed by atoms with E-state index in [1.54, 1.807) is 7.11 Å². The zero-order chi connectivity index (χ0) is 22.1. The number of ether oxygens (including phenoxy) is 1. The molecule has 1 aromatic carbocycles. The van der Waals surface area contributed by atoms with Crippen molar-refractivity contribution >= 4 is 22.8 Å². The van der Waals surface area contributed by atoms with Gasteiger partial charge in [0, 0.05) is 70.0 Å². The second kappa shape index (κ2) is 11.7. The van der Waals surface area contributed by atoms with Crippen LogP contribution in [-0.2, 0) is 16.0 Å². The second-order valence-corrected chi connectivity index (χ2v) is 7.90. The number of carbonyl (C=O) groups excluding carboxylic acids is 1. The molecule has 3 rings (SSSR count). The van der Waals surface area contributed by atoms with Crippen LogP contribution in [0.4, 0.5) is 0 Å². The summed E-state index contributed by atoms with van der Waals surface area (Å²) < 4.78 is 4.97. The van der Waals surface area contributed by atoms with Crippen molar-refractivity contribution in [2.75, 3.05) is 66.1 Å². The Hall–Kier alpha value is -2.58. The van der Waals surface area contributed by atoms with Gasteiger partial charge >= 0.3 is 0 Å². The minimum absolute atomic E-state index is 0.0556. The maximum atomic E-state index is 12.0. The number of methoxy groups -OCH3 is 1. The Bertz CT molecular complexity index is 870. The first-order valence-electron chi connectivity index (χ1n) is 11.2. The molecule has 1 aromatic heterocycles. The Labute approximate surface area is 185 Å². The average Bonchev–Trinajstić information content (AvgIpc) is 3.18. The minimum atomic E-state index is 0.0556. The Morgan fingerprint density at radius 2 is 2.03 bits per heavy atom. The summed E-state index contributed by atoms with van der Waals surface area (Å²) in [7, 11) is 1.64. The molecule has 2 aromatic rings. The zero-order valence-corrected chi connectivity index (χ0v) is 19.0. The predicted octanol–water partition coefficient (Wildman–Crippen LogP) is 1.36. The van der Waals surface area contributed by atoms with E-state index in [0.717, 1.165) is 51.6 Å². The van der Waals surface area contributed by atoms with Crippen LogP contribution in [0.5, 0.6) is 0 Å². The number of benzene rings is 1. The summed E-state index contributed by atoms with van der Waals surface area (Å²) in [4.78, 5) is 24.8. The number of aliphatic imine (C=N–C) groups is 1. The Morgan fingerprint density at radius 3 is 2.77 bits per heavy atom. The molecule has 1 amide bonds. The number of guanidine groups is 1. The van der Waals surface area contributed by atoms with Gasteiger partial charge < -0.3 is 25.3 Å². The lowest BCUT2D eigenvalue weighted by Gasteiger charge is -2.36. The molecule has 0 atom stereocenters. The number of rotatable bonds is 9. The van der Waals surface area contributed by atoms with Crippen molar-refractivity contribution in [3.8, 4) is 0 Å². The number of hydrogen-bond acceptors (Lipinski definition) is 4. The Balaban J connectivity index is 1.50. The van der Waals surface area contributed by atoms with E-state index in [1.165, 1.54) is 22.0 Å². The minimum Gasteiger partial charge on any atom is -0.383 e. The van der Waals surface area contributed by atoms with Gasteiger partial charge in [-0.15, -0.1) is 0 Å². The van der Waals surface area contributed by atoms with Crippen LogP contribution < -0.4 is 10.6 Å². The van der Waals surface area contributed by atoms with Gasteiger partial charge in [-0.2, -0.15) is 0 Å². The molecule has 0 spiro atoms. The van der Waals surface area contributed by atoms with Crippen LogP contribution in [0.3, 0.4) is 0 Å². The summed E-state index contributed by atoms with van der Waals surface area (Å²) >= 11 is 0. The molecule has 170 valence electrons. The largest absolute Gasteiger partial charge is 0.383 e. The molecule has 0 bridgehead atoms. The lowest BCUT2D eigenvalue weighted by Crippen LogP contribution is -2.54. The van der Waals surface area contributed by atoms with Gasteiger partial charge in [0.1, 0.15) is 0 Å². The van der Waals surface area contributed by atoms with Gasteiger partial charge in [-0.25, -0.2) is 0 Å². The molecule has 0 aliphatic carbocycles. The van der Waals surface area contributed by atoms with E-state index in [4.69, 9.17) is 9.73 Å². The second-order valence-electron chi connectivity index (χ2n) is 7.90. The van der Waals surface area contributed by atoms with E-state index in [-0.39, 0.29) is 5.91 Å². The number of para-hydroxylation sites is 1. The molecule has 1 aliphatic heterocycles. The quantitative estimate of drug-likeness (QED) is 0.319. The number of carbonyl (C=O) groups is 1. The van der Waals surface area contributed by atoms with Gasteiger partial charge in [0.25, 0.3) is 0 Å². The molecular weight excluding hydrogens is 392 g/mol. The summed E-state index contributed by atoms with van der Waals surface area (Å²) in [6, 6.07) is 6.42. The molecule has 0 unspecified atom stereocenters. The van der Waals surface area contributed by atoms with E-state index < -0.39 is 0 Å². The van der Waals surface area contributed by atoms with Crippen molar-refractivity contribution < 1.29 is 9.53 Å². The number of H-pyrrole nitrogens is 1. The van der Waals surface area contributed by atoms with Gasteiger partial charge in [-0.3, -0.25) is 14.7 Å². The van der Waals surface area contributed by atoms with Crippen LogP contribution in [0, 0.1) is 6.92 Å². The van der Waals surface area contributed by atoms with Crippen molar-refractivity contribution in [1.82, 2.24) is 25.4 Å². The summed E-state index contributed by atoms with van der Waals surface area (Å²) in [5.41, 5.74) is 3.80. The molecular formula is C23H36N6O2. The Morgan fingerprint density at radius 1 is 1.23 bits per heavy atom. The fourth-order valence-electron chi connectivity index (χ4n) is 3.95. The van der Waals surface area contributed by atoms with E-state index in [1.807, 2.05) is 0 Å². The lowest BCUT2D eigenvalue weighted by atomic mass is 10.1. The smallest absolute Gasteiger partial charge is 0.234 e. The monoisotopic (exact) mass is 428 g/mol. The number of fused-ring (bicyclic) bond motifs is 1. The van der Waals surface area contributed by atoms with E-state index in [9.17, 15) is 4.79 Å². The van der Waals surface area contributed by atoms with E-state index >= 15 is 0 Å². The first kappa shape index (κ1) is 23.1. The number of aromatic amines is 1. The van der Waals surface area contributed by atoms with Crippen molar-refractivity contribution in [1.29, 1.82) is 0 Å². The summed E-state index contributed by atoms with van der Waals surface area (Å²) in [6.07, 6.45) is 3.01. The third-order valence-corrected chi connectivity index (χ3v) is 5.65. The highest BCUT2D eigenvalue weighted by molar-refractivity contribution is 5.86. The molecule has 1 aliphatic rings. The molecule has 3 N–H and O–H groups in total. The number of nitrogens with zero attached hydrogens (tertiary/aromatic N) is 3. The molecule has 0 radical (unpaired) electrons. The lowest BCUT2D eigenvalue weighted by molar-refractivity contribution is -0.122. The van der Waals surface area contributed by atoms with Crippen LogP contribution in [0.1, 0.15) is 18.1 Å². The topological polar surface area (TPSA) is 85.0 Å². The molecule has 1 fully saturated rings. The average molecular weight is 429 g/mol. The molecule has 0 saturated carbocycles. The van der Waals surface area contributed by atoms with Gasteiger partial charge in [-0.1, -0.05) is 18.2 Å². The maximum absolute atomic E-state index is 12.0. The highest BCUT2D eigenvalue weighted by atomic mass is 16.5. The SMILES string of the molecule is CCNC(=NCCc1c[nH]c2c(C)cccc12)N1CCN(CC(=O)NCCOC)CC1. The van der Waals surface area contributed by atoms with Crippen LogP contribution >= 0.6 is 0 Å². The van der Waals surface area contributed by atoms with Crippen molar-refractivity contribution in [2.24, 2.45) is 4.99 Å². The number of aryl methyl sites for hydroxylation is 1. The van der Waals surface area contributed by atoms with E-state index in [2.05, 4.69) is 63.7 Å². The summed E-state index contributed by atoms with van der Waals surface area (Å²) in [6.45, 7) is 10.8. The van der Waals surface area contributed by atoms with Gasteiger partial charge in [-0.05, 0) is 31.4 Å². The first-order valence-corrected chi connectivity index (χ1v) is 11.2. The number of hydrogen-bond donors (Lipinski definition) is 3. The van der Waals surface area contributed by atoms with Gasteiger partial charge in [0.15, 0.2) is 5.96 Å². The molecule has 8 heteroatoms.